The van der Waals surface area contributed by atoms with Gasteiger partial charge in [0.1, 0.15) is 5.75 Å². The average molecular weight is 262 g/mol. The predicted octanol–water partition coefficient (Wildman–Crippen LogP) is 3.38. The summed E-state index contributed by atoms with van der Waals surface area (Å²) < 4.78 is 0. The molecule has 1 heterocycles. The van der Waals surface area contributed by atoms with Crippen molar-refractivity contribution in [3.05, 3.63) is 23.8 Å². The van der Waals surface area contributed by atoms with Crippen LogP contribution in [0.3, 0.4) is 0 Å². The van der Waals surface area contributed by atoms with Gasteiger partial charge >= 0.3 is 0 Å². The van der Waals surface area contributed by atoms with Crippen LogP contribution in [0.15, 0.2) is 18.2 Å². The number of likely N-dealkylation sites (tertiary alicyclic amines) is 1. The van der Waals surface area contributed by atoms with Gasteiger partial charge in [0.05, 0.1) is 0 Å². The van der Waals surface area contributed by atoms with E-state index in [1.165, 1.54) is 45.3 Å². The number of anilines is 1. The number of rotatable bonds is 4. The number of hydrogen-bond donors (Lipinski definition) is 2. The number of nitrogens with one attached hydrogen (secondary N) is 1. The van der Waals surface area contributed by atoms with Gasteiger partial charge in [-0.2, -0.15) is 0 Å². The molecule has 0 amide bonds. The lowest BCUT2D eigenvalue weighted by molar-refractivity contribution is 0.285. The molecule has 0 radical (unpaired) electrons. The molecule has 1 atom stereocenters. The van der Waals surface area contributed by atoms with E-state index in [4.69, 9.17) is 0 Å². The molecule has 3 nitrogen and oxygen atoms in total. The van der Waals surface area contributed by atoms with Gasteiger partial charge in [0, 0.05) is 24.3 Å². The van der Waals surface area contributed by atoms with E-state index in [9.17, 15) is 5.11 Å². The van der Waals surface area contributed by atoms with E-state index in [1.54, 1.807) is 0 Å². The molecule has 3 heteroatoms. The highest BCUT2D eigenvalue weighted by Gasteiger charge is 2.16. The number of aromatic hydroxyl groups is 1. The quantitative estimate of drug-likeness (QED) is 0.873. The average Bonchev–Trinajstić information content (AvgIpc) is 2.60. The number of phenolic OH excluding ortho intramolecular Hbond substituents is 1. The molecule has 1 aromatic carbocycles. The lowest BCUT2D eigenvalue weighted by atomic mass is 10.1. The Kier molecular flexibility index (Phi) is 5.08. The molecular formula is C16H26N2O. The van der Waals surface area contributed by atoms with Gasteiger partial charge in [-0.15, -0.1) is 0 Å². The number of benzene rings is 1. The van der Waals surface area contributed by atoms with Crippen LogP contribution < -0.4 is 5.32 Å². The normalized spacial score (nSPS) is 21.1. The van der Waals surface area contributed by atoms with Crippen molar-refractivity contribution in [3.63, 3.8) is 0 Å². The Balaban J connectivity index is 1.90. The van der Waals surface area contributed by atoms with Crippen molar-refractivity contribution < 1.29 is 5.11 Å². The van der Waals surface area contributed by atoms with E-state index < -0.39 is 0 Å². The molecule has 0 saturated carbocycles. The van der Waals surface area contributed by atoms with Gasteiger partial charge in [-0.25, -0.2) is 0 Å². The Morgan fingerprint density at radius 1 is 1.32 bits per heavy atom. The van der Waals surface area contributed by atoms with Crippen LogP contribution in [0.5, 0.6) is 5.75 Å². The van der Waals surface area contributed by atoms with Crippen LogP contribution in [0, 0.1) is 6.92 Å². The van der Waals surface area contributed by atoms with E-state index in [1.807, 2.05) is 19.1 Å². The summed E-state index contributed by atoms with van der Waals surface area (Å²) in [5, 5.41) is 13.3. The van der Waals surface area contributed by atoms with Crippen molar-refractivity contribution in [2.75, 3.05) is 25.0 Å². The van der Waals surface area contributed by atoms with Gasteiger partial charge in [-0.05, 0) is 57.3 Å². The molecule has 0 aromatic heterocycles. The first-order valence-corrected chi connectivity index (χ1v) is 7.47. The summed E-state index contributed by atoms with van der Waals surface area (Å²) in [6.07, 6.45) is 4.91. The lowest BCUT2D eigenvalue weighted by Gasteiger charge is -2.20. The van der Waals surface area contributed by atoms with Crippen molar-refractivity contribution in [1.82, 2.24) is 4.90 Å². The summed E-state index contributed by atoms with van der Waals surface area (Å²) in [6, 6.07) is 6.40. The molecule has 19 heavy (non-hydrogen) atoms. The van der Waals surface area contributed by atoms with Crippen molar-refractivity contribution in [2.24, 2.45) is 0 Å². The third kappa shape index (κ3) is 4.13. The van der Waals surface area contributed by atoms with Crippen LogP contribution in [-0.2, 0) is 0 Å². The summed E-state index contributed by atoms with van der Waals surface area (Å²) in [5.41, 5.74) is 1.97. The number of hydrogen-bond acceptors (Lipinski definition) is 3. The number of nitrogens with zero attached hydrogens (tertiary/aromatic N) is 1. The smallest absolute Gasteiger partial charge is 0.120 e. The van der Waals surface area contributed by atoms with Gasteiger partial charge in [0.25, 0.3) is 0 Å². The molecule has 106 valence electrons. The van der Waals surface area contributed by atoms with Crippen molar-refractivity contribution in [2.45, 2.75) is 45.6 Å². The fourth-order valence-electron chi connectivity index (χ4n) is 2.77. The van der Waals surface area contributed by atoms with Crippen LogP contribution in [0.1, 0.15) is 38.2 Å². The van der Waals surface area contributed by atoms with Gasteiger partial charge in [-0.1, -0.05) is 13.0 Å². The Labute approximate surface area is 116 Å². The molecule has 1 aliphatic rings. The van der Waals surface area contributed by atoms with Crippen molar-refractivity contribution >= 4 is 5.69 Å². The van der Waals surface area contributed by atoms with Crippen LogP contribution in [0.2, 0.25) is 0 Å². The lowest BCUT2D eigenvalue weighted by Crippen LogP contribution is -2.27. The maximum Gasteiger partial charge on any atom is 0.120 e. The maximum absolute atomic E-state index is 9.75. The zero-order valence-electron chi connectivity index (χ0n) is 12.2. The van der Waals surface area contributed by atoms with Crippen molar-refractivity contribution in [1.29, 1.82) is 0 Å². The molecule has 1 fully saturated rings. The summed E-state index contributed by atoms with van der Waals surface area (Å²) in [6.45, 7) is 7.80. The Morgan fingerprint density at radius 2 is 2.16 bits per heavy atom. The largest absolute Gasteiger partial charge is 0.508 e. The monoisotopic (exact) mass is 262 g/mol. The summed E-state index contributed by atoms with van der Waals surface area (Å²) in [5.74, 6) is 0.381. The Bertz CT molecular complexity index is 406. The van der Waals surface area contributed by atoms with E-state index >= 15 is 0 Å². The van der Waals surface area contributed by atoms with E-state index in [0.29, 0.717) is 11.8 Å². The van der Waals surface area contributed by atoms with E-state index in [0.717, 1.165) is 11.3 Å². The standard InChI is InChI=1S/C16H26N2O/c1-3-9-18-10-4-5-14(8-11-18)17-15-7-6-13(2)16(19)12-15/h6-7,12,14,17,19H,3-5,8-11H2,1-2H3. The third-order valence-electron chi connectivity index (χ3n) is 3.94. The summed E-state index contributed by atoms with van der Waals surface area (Å²) >= 11 is 0. The fraction of sp³-hybridized carbons (Fsp3) is 0.625. The second-order valence-corrected chi connectivity index (χ2v) is 5.62. The second kappa shape index (κ2) is 6.80. The van der Waals surface area contributed by atoms with Crippen molar-refractivity contribution in [3.8, 4) is 5.75 Å². The molecule has 2 rings (SSSR count). The van der Waals surface area contributed by atoms with Crippen LogP contribution in [-0.4, -0.2) is 35.7 Å². The number of aryl methyl sites for hydroxylation is 1. The highest BCUT2D eigenvalue weighted by Crippen LogP contribution is 2.23. The molecule has 1 saturated heterocycles. The first-order valence-electron chi connectivity index (χ1n) is 7.47. The predicted molar refractivity (Wildman–Crippen MR) is 80.8 cm³/mol. The minimum atomic E-state index is 0.381. The van der Waals surface area contributed by atoms with Crippen LogP contribution in [0.25, 0.3) is 0 Å². The van der Waals surface area contributed by atoms with Gasteiger partial charge in [0.2, 0.25) is 0 Å². The molecule has 1 unspecified atom stereocenters. The SMILES string of the molecule is CCCN1CCCC(Nc2ccc(C)c(O)c2)CC1. The van der Waals surface area contributed by atoms with Gasteiger partial charge in [0.15, 0.2) is 0 Å². The fourth-order valence-corrected chi connectivity index (χ4v) is 2.77. The molecule has 1 aliphatic heterocycles. The highest BCUT2D eigenvalue weighted by molar-refractivity contribution is 5.51. The Hall–Kier alpha value is -1.22. The highest BCUT2D eigenvalue weighted by atomic mass is 16.3. The Morgan fingerprint density at radius 3 is 2.89 bits per heavy atom. The first-order chi connectivity index (χ1) is 9.19. The van der Waals surface area contributed by atoms with Gasteiger partial charge in [-0.3, -0.25) is 0 Å². The topological polar surface area (TPSA) is 35.5 Å². The zero-order valence-corrected chi connectivity index (χ0v) is 12.2. The molecule has 1 aromatic rings. The minimum absolute atomic E-state index is 0.381. The first kappa shape index (κ1) is 14.2. The molecule has 0 aliphatic carbocycles. The second-order valence-electron chi connectivity index (χ2n) is 5.62. The third-order valence-corrected chi connectivity index (χ3v) is 3.94. The van der Waals surface area contributed by atoms with Gasteiger partial charge < -0.3 is 15.3 Å². The molecule has 0 bridgehead atoms. The van der Waals surface area contributed by atoms with E-state index in [2.05, 4.69) is 23.2 Å². The minimum Gasteiger partial charge on any atom is -0.508 e. The molecule has 0 spiro atoms. The maximum atomic E-state index is 9.75. The van der Waals surface area contributed by atoms with E-state index in [-0.39, 0.29) is 0 Å². The summed E-state index contributed by atoms with van der Waals surface area (Å²) in [7, 11) is 0. The summed E-state index contributed by atoms with van der Waals surface area (Å²) in [4.78, 5) is 2.56. The van der Waals surface area contributed by atoms with Crippen LogP contribution in [0.4, 0.5) is 5.69 Å². The molecule has 2 N–H and O–H groups in total. The van der Waals surface area contributed by atoms with Crippen LogP contribution >= 0.6 is 0 Å². The molecular weight excluding hydrogens is 236 g/mol. The zero-order chi connectivity index (χ0) is 13.7. The number of phenols is 1.